The summed E-state index contributed by atoms with van der Waals surface area (Å²) in [5, 5.41) is 18.3. The van der Waals surface area contributed by atoms with Gasteiger partial charge in [0, 0.05) is 34.6 Å². The van der Waals surface area contributed by atoms with Crippen molar-refractivity contribution in [2.24, 2.45) is 0 Å². The van der Waals surface area contributed by atoms with Crippen molar-refractivity contribution in [3.8, 4) is 10.4 Å². The molecule has 4 aromatic rings. The topological polar surface area (TPSA) is 70.5 Å². The van der Waals surface area contributed by atoms with E-state index in [2.05, 4.69) is 33.1 Å². The molecule has 3 aromatic heterocycles. The van der Waals surface area contributed by atoms with Gasteiger partial charge in [0.1, 0.15) is 16.5 Å². The minimum Gasteiger partial charge on any atom is -0.392 e. The second kappa shape index (κ2) is 8.79. The van der Waals surface area contributed by atoms with E-state index in [9.17, 15) is 5.11 Å². The smallest absolute Gasteiger partial charge is 0.146 e. The Kier molecular flexibility index (Phi) is 5.74. The van der Waals surface area contributed by atoms with Crippen molar-refractivity contribution in [1.29, 1.82) is 0 Å². The highest BCUT2D eigenvalue weighted by atomic mass is 32.1. The number of rotatable bonds is 6. The van der Waals surface area contributed by atoms with Gasteiger partial charge in [-0.05, 0) is 29.1 Å². The van der Waals surface area contributed by atoms with E-state index in [4.69, 9.17) is 14.7 Å². The zero-order chi connectivity index (χ0) is 20.3. The lowest BCUT2D eigenvalue weighted by atomic mass is 10.1. The number of aliphatic hydroxyl groups excluding tert-OH is 1. The van der Waals surface area contributed by atoms with Crippen molar-refractivity contribution in [2.75, 3.05) is 31.6 Å². The summed E-state index contributed by atoms with van der Waals surface area (Å²) in [5.41, 5.74) is 2.92. The predicted molar refractivity (Wildman–Crippen MR) is 122 cm³/mol. The van der Waals surface area contributed by atoms with Gasteiger partial charge >= 0.3 is 0 Å². The molecule has 0 bridgehead atoms. The Labute approximate surface area is 182 Å². The van der Waals surface area contributed by atoms with Crippen molar-refractivity contribution in [1.82, 2.24) is 14.9 Å². The molecule has 1 aliphatic heterocycles. The average Bonchev–Trinajstić information content (AvgIpc) is 3.44. The number of nitrogens with zero attached hydrogens (tertiary/aromatic N) is 3. The summed E-state index contributed by atoms with van der Waals surface area (Å²) in [6.45, 7) is 4.01. The third-order valence-corrected chi connectivity index (χ3v) is 6.88. The Morgan fingerprint density at radius 3 is 2.80 bits per heavy atom. The number of anilines is 2. The number of thiophene rings is 2. The first-order valence-electron chi connectivity index (χ1n) is 9.89. The first kappa shape index (κ1) is 19.6. The van der Waals surface area contributed by atoms with Crippen LogP contribution in [0.3, 0.4) is 0 Å². The first-order chi connectivity index (χ1) is 14.8. The standard InChI is InChI=1S/C22H22N4O2S2/c27-13-15-3-1-4-16(11-15)23-21-20-17(18-5-2-10-29-18)14-30-22(20)25-19(24-21)12-26-6-8-28-9-7-26/h1-5,10-11,14,27H,6-9,12-13H2,(H,23,24,25). The summed E-state index contributed by atoms with van der Waals surface area (Å²) in [4.78, 5) is 14.3. The molecule has 5 rings (SSSR count). The van der Waals surface area contributed by atoms with Crippen LogP contribution in [-0.2, 0) is 17.9 Å². The number of hydrogen-bond acceptors (Lipinski definition) is 8. The maximum absolute atomic E-state index is 9.50. The van der Waals surface area contributed by atoms with Gasteiger partial charge < -0.3 is 15.2 Å². The third kappa shape index (κ3) is 4.10. The molecule has 0 radical (unpaired) electrons. The molecule has 0 amide bonds. The fraction of sp³-hybridized carbons (Fsp3) is 0.273. The van der Waals surface area contributed by atoms with Crippen molar-refractivity contribution in [3.05, 3.63) is 58.5 Å². The SMILES string of the molecule is OCc1cccc(Nc2nc(CN3CCOCC3)nc3scc(-c4cccs4)c23)c1. The van der Waals surface area contributed by atoms with Crippen molar-refractivity contribution in [2.45, 2.75) is 13.2 Å². The summed E-state index contributed by atoms with van der Waals surface area (Å²) in [5.74, 6) is 1.62. The van der Waals surface area contributed by atoms with E-state index < -0.39 is 0 Å². The van der Waals surface area contributed by atoms with Gasteiger partial charge in [-0.15, -0.1) is 22.7 Å². The van der Waals surface area contributed by atoms with E-state index in [1.165, 1.54) is 4.88 Å². The van der Waals surface area contributed by atoms with Crippen LogP contribution in [-0.4, -0.2) is 46.3 Å². The Morgan fingerprint density at radius 1 is 1.10 bits per heavy atom. The lowest BCUT2D eigenvalue weighted by molar-refractivity contribution is 0.0331. The van der Waals surface area contributed by atoms with Crippen LogP contribution in [0.25, 0.3) is 20.7 Å². The molecule has 0 saturated carbocycles. The molecular formula is C22H22N4O2S2. The molecule has 8 heteroatoms. The minimum atomic E-state index is 0.00980. The highest BCUT2D eigenvalue weighted by Crippen LogP contribution is 2.39. The quantitative estimate of drug-likeness (QED) is 0.462. The number of aromatic nitrogens is 2. The Balaban J connectivity index is 1.57. The molecule has 30 heavy (non-hydrogen) atoms. The van der Waals surface area contributed by atoms with Gasteiger partial charge in [-0.25, -0.2) is 9.97 Å². The molecule has 6 nitrogen and oxygen atoms in total. The van der Waals surface area contributed by atoms with E-state index in [1.54, 1.807) is 22.7 Å². The van der Waals surface area contributed by atoms with Gasteiger partial charge in [-0.1, -0.05) is 18.2 Å². The number of aliphatic hydroxyl groups is 1. The van der Waals surface area contributed by atoms with Gasteiger partial charge in [0.15, 0.2) is 0 Å². The molecule has 154 valence electrons. The number of ether oxygens (including phenoxy) is 1. The normalized spacial score (nSPS) is 15.0. The molecule has 1 aliphatic rings. The summed E-state index contributed by atoms with van der Waals surface area (Å²) in [6, 6.07) is 12.0. The third-order valence-electron chi connectivity index (χ3n) is 5.11. The van der Waals surface area contributed by atoms with Crippen molar-refractivity contribution < 1.29 is 9.84 Å². The van der Waals surface area contributed by atoms with Gasteiger partial charge in [0.25, 0.3) is 0 Å². The molecule has 1 aromatic carbocycles. The molecule has 0 atom stereocenters. The molecule has 0 aliphatic carbocycles. The lowest BCUT2D eigenvalue weighted by Crippen LogP contribution is -2.36. The largest absolute Gasteiger partial charge is 0.392 e. The maximum Gasteiger partial charge on any atom is 0.146 e. The number of fused-ring (bicyclic) bond motifs is 1. The number of benzene rings is 1. The number of hydrogen-bond donors (Lipinski definition) is 2. The number of nitrogens with one attached hydrogen (secondary N) is 1. The van der Waals surface area contributed by atoms with Crippen LogP contribution in [0.2, 0.25) is 0 Å². The molecule has 0 unspecified atom stereocenters. The fourth-order valence-corrected chi connectivity index (χ4v) is 5.38. The molecule has 1 fully saturated rings. The van der Waals surface area contributed by atoms with Gasteiger partial charge in [-0.2, -0.15) is 0 Å². The lowest BCUT2D eigenvalue weighted by Gasteiger charge is -2.25. The van der Waals surface area contributed by atoms with E-state index in [1.807, 2.05) is 24.3 Å². The Morgan fingerprint density at radius 2 is 2.00 bits per heavy atom. The van der Waals surface area contributed by atoms with Crippen LogP contribution in [0.1, 0.15) is 11.4 Å². The fourth-order valence-electron chi connectivity index (χ4n) is 3.60. The first-order valence-corrected chi connectivity index (χ1v) is 11.6. The number of morpholine rings is 1. The maximum atomic E-state index is 9.50. The molecule has 2 N–H and O–H groups in total. The minimum absolute atomic E-state index is 0.00980. The molecular weight excluding hydrogens is 416 g/mol. The summed E-state index contributed by atoms with van der Waals surface area (Å²) < 4.78 is 5.46. The van der Waals surface area contributed by atoms with Crippen LogP contribution in [0.4, 0.5) is 11.5 Å². The predicted octanol–water partition coefficient (Wildman–Crippen LogP) is 4.49. The highest BCUT2D eigenvalue weighted by Gasteiger charge is 2.18. The van der Waals surface area contributed by atoms with Crippen molar-refractivity contribution >= 4 is 44.4 Å². The van der Waals surface area contributed by atoms with Crippen LogP contribution < -0.4 is 5.32 Å². The second-order valence-electron chi connectivity index (χ2n) is 7.17. The van der Waals surface area contributed by atoms with E-state index in [-0.39, 0.29) is 6.61 Å². The molecule has 1 saturated heterocycles. The summed E-state index contributed by atoms with van der Waals surface area (Å²) >= 11 is 3.37. The zero-order valence-corrected chi connectivity index (χ0v) is 18.0. The summed E-state index contributed by atoms with van der Waals surface area (Å²) in [7, 11) is 0. The average molecular weight is 439 g/mol. The molecule has 4 heterocycles. The van der Waals surface area contributed by atoms with Crippen LogP contribution >= 0.6 is 22.7 Å². The van der Waals surface area contributed by atoms with Crippen LogP contribution in [0, 0.1) is 0 Å². The van der Waals surface area contributed by atoms with Gasteiger partial charge in [0.2, 0.25) is 0 Å². The van der Waals surface area contributed by atoms with Crippen LogP contribution in [0.5, 0.6) is 0 Å². The van der Waals surface area contributed by atoms with E-state index >= 15 is 0 Å². The van der Waals surface area contributed by atoms with Crippen molar-refractivity contribution in [3.63, 3.8) is 0 Å². The zero-order valence-electron chi connectivity index (χ0n) is 16.4. The van der Waals surface area contributed by atoms with E-state index in [0.29, 0.717) is 6.54 Å². The van der Waals surface area contributed by atoms with Gasteiger partial charge in [-0.3, -0.25) is 4.90 Å². The Bertz CT molecular complexity index is 1140. The second-order valence-corrected chi connectivity index (χ2v) is 8.97. The van der Waals surface area contributed by atoms with E-state index in [0.717, 1.165) is 65.0 Å². The highest BCUT2D eigenvalue weighted by molar-refractivity contribution is 7.18. The van der Waals surface area contributed by atoms with Crippen LogP contribution in [0.15, 0.2) is 47.2 Å². The molecule has 0 spiro atoms. The monoisotopic (exact) mass is 438 g/mol. The Hall–Kier alpha value is -2.36. The van der Waals surface area contributed by atoms with Gasteiger partial charge in [0.05, 0.1) is 31.8 Å². The summed E-state index contributed by atoms with van der Waals surface area (Å²) in [6.07, 6.45) is 0.